The molecule has 4 aromatic rings. The number of hydrogen-bond donors (Lipinski definition) is 2. The third-order valence-electron chi connectivity index (χ3n) is 4.76. The molecule has 0 aliphatic carbocycles. The number of benzene rings is 3. The van der Waals surface area contributed by atoms with Gasteiger partial charge < -0.3 is 10.6 Å². The van der Waals surface area contributed by atoms with Gasteiger partial charge in [-0.25, -0.2) is 9.97 Å². The van der Waals surface area contributed by atoms with Crippen LogP contribution in [0.3, 0.4) is 0 Å². The van der Waals surface area contributed by atoms with Crippen molar-refractivity contribution in [3.05, 3.63) is 116 Å². The quantitative estimate of drug-likeness (QED) is 0.234. The van der Waals surface area contributed by atoms with Crippen LogP contribution in [0.4, 0.5) is 23.0 Å². The van der Waals surface area contributed by atoms with Gasteiger partial charge >= 0.3 is 5.69 Å². The summed E-state index contributed by atoms with van der Waals surface area (Å²) in [5.74, 6) is 0.0693. The topological polar surface area (TPSA) is 93.0 Å². The largest absolute Gasteiger partial charge is 0.353 e. The predicted octanol–water partition coefficient (Wildman–Crippen LogP) is 6.64. The summed E-state index contributed by atoms with van der Waals surface area (Å²) in [5.41, 5.74) is 1.95. The molecular formula is C23H17Cl2N5O2. The molecule has 0 atom stereocenters. The first-order valence-corrected chi connectivity index (χ1v) is 10.4. The van der Waals surface area contributed by atoms with E-state index in [-0.39, 0.29) is 28.4 Å². The molecule has 0 saturated heterocycles. The second-order valence-corrected chi connectivity index (χ2v) is 7.59. The zero-order chi connectivity index (χ0) is 22.5. The highest BCUT2D eigenvalue weighted by Crippen LogP contribution is 2.37. The summed E-state index contributed by atoms with van der Waals surface area (Å²) >= 11 is 12.3. The lowest BCUT2D eigenvalue weighted by atomic mass is 9.99. The highest BCUT2D eigenvalue weighted by atomic mass is 35.5. The molecule has 7 nitrogen and oxygen atoms in total. The van der Waals surface area contributed by atoms with Crippen molar-refractivity contribution in [2.75, 3.05) is 10.6 Å². The summed E-state index contributed by atoms with van der Waals surface area (Å²) in [6.07, 6.45) is 1.25. The third-order valence-corrected chi connectivity index (χ3v) is 5.58. The van der Waals surface area contributed by atoms with Gasteiger partial charge in [0.15, 0.2) is 0 Å². The third kappa shape index (κ3) is 4.64. The molecule has 0 aliphatic rings. The van der Waals surface area contributed by atoms with Crippen LogP contribution < -0.4 is 10.6 Å². The van der Waals surface area contributed by atoms with Crippen LogP contribution in [0.25, 0.3) is 0 Å². The van der Waals surface area contributed by atoms with Crippen LogP contribution in [0, 0.1) is 10.1 Å². The van der Waals surface area contributed by atoms with E-state index in [2.05, 4.69) is 20.6 Å². The average molecular weight is 466 g/mol. The fourth-order valence-electron chi connectivity index (χ4n) is 3.26. The first kappa shape index (κ1) is 21.5. The first-order valence-electron chi connectivity index (χ1n) is 9.61. The number of nitrogens with one attached hydrogen (secondary N) is 2. The van der Waals surface area contributed by atoms with Crippen molar-refractivity contribution in [2.45, 2.75) is 6.04 Å². The van der Waals surface area contributed by atoms with Crippen molar-refractivity contribution in [1.29, 1.82) is 0 Å². The minimum atomic E-state index is -0.532. The molecule has 1 heterocycles. The molecule has 4 rings (SSSR count). The van der Waals surface area contributed by atoms with Crippen molar-refractivity contribution in [1.82, 2.24) is 9.97 Å². The second-order valence-electron chi connectivity index (χ2n) is 6.80. The molecule has 32 heavy (non-hydrogen) atoms. The molecule has 0 aliphatic heterocycles. The molecule has 0 bridgehead atoms. The van der Waals surface area contributed by atoms with Gasteiger partial charge in [0.2, 0.25) is 11.6 Å². The summed E-state index contributed by atoms with van der Waals surface area (Å²) < 4.78 is 0. The van der Waals surface area contributed by atoms with E-state index in [0.29, 0.717) is 10.7 Å². The summed E-state index contributed by atoms with van der Waals surface area (Å²) in [6, 6.07) is 23.9. The summed E-state index contributed by atoms with van der Waals surface area (Å²) in [4.78, 5) is 19.7. The summed E-state index contributed by atoms with van der Waals surface area (Å²) in [7, 11) is 0. The SMILES string of the molecule is O=[N+]([O-])c1c(Nc2cccc(Cl)c2Cl)ncnc1NC(c1ccccc1)c1ccccc1. The van der Waals surface area contributed by atoms with E-state index in [1.165, 1.54) is 6.33 Å². The smallest absolute Gasteiger partial charge is 0.353 e. The Bertz CT molecular complexity index is 1200. The number of rotatable bonds is 7. The standard InChI is InChI=1S/C23H17Cl2N5O2/c24-17-12-7-13-18(19(17)25)28-22-21(30(31)32)23(27-14-26-22)29-20(15-8-3-1-4-9-15)16-10-5-2-6-11-16/h1-14,20H,(H2,26,27,28,29). The Balaban J connectivity index is 1.76. The molecule has 0 spiro atoms. The van der Waals surface area contributed by atoms with E-state index in [9.17, 15) is 10.1 Å². The molecule has 0 fully saturated rings. The lowest BCUT2D eigenvalue weighted by Gasteiger charge is -2.20. The maximum atomic E-state index is 12.0. The Labute approximate surface area is 194 Å². The van der Waals surface area contributed by atoms with Gasteiger partial charge in [0.25, 0.3) is 0 Å². The van der Waals surface area contributed by atoms with Crippen molar-refractivity contribution < 1.29 is 4.92 Å². The Kier molecular flexibility index (Phi) is 6.49. The van der Waals surface area contributed by atoms with Crippen LogP contribution in [0.1, 0.15) is 17.2 Å². The number of halogens is 2. The molecule has 0 amide bonds. The van der Waals surface area contributed by atoms with E-state index in [4.69, 9.17) is 23.2 Å². The molecule has 0 radical (unpaired) electrons. The van der Waals surface area contributed by atoms with Crippen LogP contribution in [0.15, 0.2) is 85.2 Å². The monoisotopic (exact) mass is 465 g/mol. The lowest BCUT2D eigenvalue weighted by molar-refractivity contribution is -0.383. The predicted molar refractivity (Wildman–Crippen MR) is 127 cm³/mol. The van der Waals surface area contributed by atoms with E-state index in [0.717, 1.165) is 11.1 Å². The van der Waals surface area contributed by atoms with Crippen LogP contribution in [0.5, 0.6) is 0 Å². The van der Waals surface area contributed by atoms with Crippen molar-refractivity contribution in [2.24, 2.45) is 0 Å². The molecule has 0 unspecified atom stereocenters. The number of nitro groups is 1. The van der Waals surface area contributed by atoms with Crippen LogP contribution in [-0.2, 0) is 0 Å². The molecule has 1 aromatic heterocycles. The first-order chi connectivity index (χ1) is 15.5. The maximum absolute atomic E-state index is 12.0. The molecule has 160 valence electrons. The second kappa shape index (κ2) is 9.64. The van der Waals surface area contributed by atoms with Gasteiger partial charge in [-0.15, -0.1) is 0 Å². The fourth-order valence-corrected chi connectivity index (χ4v) is 3.61. The summed E-state index contributed by atoms with van der Waals surface area (Å²) in [6.45, 7) is 0. The minimum absolute atomic E-state index is 0.00320. The number of hydrogen-bond acceptors (Lipinski definition) is 6. The van der Waals surface area contributed by atoms with E-state index in [1.54, 1.807) is 18.2 Å². The highest BCUT2D eigenvalue weighted by molar-refractivity contribution is 6.43. The Morgan fingerprint density at radius 2 is 1.41 bits per heavy atom. The fraction of sp³-hybridized carbons (Fsp3) is 0.0435. The highest BCUT2D eigenvalue weighted by Gasteiger charge is 2.26. The number of anilines is 3. The minimum Gasteiger partial charge on any atom is -0.353 e. The van der Waals surface area contributed by atoms with Gasteiger partial charge in [-0.05, 0) is 23.3 Å². The zero-order valence-electron chi connectivity index (χ0n) is 16.6. The average Bonchev–Trinajstić information content (AvgIpc) is 2.81. The van der Waals surface area contributed by atoms with Crippen LogP contribution in [-0.4, -0.2) is 14.9 Å². The van der Waals surface area contributed by atoms with Crippen molar-refractivity contribution in [3.63, 3.8) is 0 Å². The Morgan fingerprint density at radius 3 is 2.00 bits per heavy atom. The van der Waals surface area contributed by atoms with E-state index >= 15 is 0 Å². The molecule has 9 heteroatoms. The maximum Gasteiger partial charge on any atom is 0.353 e. The van der Waals surface area contributed by atoms with Gasteiger partial charge in [0, 0.05) is 0 Å². The number of aromatic nitrogens is 2. The summed E-state index contributed by atoms with van der Waals surface area (Å²) in [5, 5.41) is 18.7. The van der Waals surface area contributed by atoms with E-state index in [1.807, 2.05) is 60.7 Å². The molecular weight excluding hydrogens is 449 g/mol. The normalized spacial score (nSPS) is 10.7. The zero-order valence-corrected chi connectivity index (χ0v) is 18.1. The van der Waals surface area contributed by atoms with Crippen molar-refractivity contribution in [3.8, 4) is 0 Å². The van der Waals surface area contributed by atoms with Gasteiger partial charge in [0.05, 0.1) is 26.7 Å². The molecule has 0 saturated carbocycles. The van der Waals surface area contributed by atoms with Gasteiger partial charge in [-0.2, -0.15) is 0 Å². The van der Waals surface area contributed by atoms with Gasteiger partial charge in [0.1, 0.15) is 6.33 Å². The van der Waals surface area contributed by atoms with Crippen LogP contribution >= 0.6 is 23.2 Å². The van der Waals surface area contributed by atoms with Crippen LogP contribution in [0.2, 0.25) is 10.0 Å². The van der Waals surface area contributed by atoms with E-state index < -0.39 is 4.92 Å². The van der Waals surface area contributed by atoms with Crippen molar-refractivity contribution >= 4 is 46.2 Å². The molecule has 2 N–H and O–H groups in total. The Morgan fingerprint density at radius 1 is 0.812 bits per heavy atom. The Hall–Kier alpha value is -3.68. The number of nitrogens with zero attached hydrogens (tertiary/aromatic N) is 3. The van der Waals surface area contributed by atoms with Gasteiger partial charge in [-0.1, -0.05) is 89.9 Å². The molecule has 3 aromatic carbocycles. The van der Waals surface area contributed by atoms with Gasteiger partial charge in [-0.3, -0.25) is 10.1 Å². The lowest BCUT2D eigenvalue weighted by Crippen LogP contribution is -2.15.